The van der Waals surface area contributed by atoms with Crippen molar-refractivity contribution in [3.63, 3.8) is 0 Å². The van der Waals surface area contributed by atoms with Crippen LogP contribution in [0.25, 0.3) is 10.8 Å². The van der Waals surface area contributed by atoms with Gasteiger partial charge in [0, 0.05) is 6.61 Å². The van der Waals surface area contributed by atoms with E-state index in [-0.39, 0.29) is 6.04 Å². The molecule has 0 spiro atoms. The van der Waals surface area contributed by atoms with Crippen LogP contribution in [0, 0.1) is 6.92 Å². The van der Waals surface area contributed by atoms with E-state index in [1.54, 1.807) is 0 Å². The van der Waals surface area contributed by atoms with Gasteiger partial charge >= 0.3 is 0 Å². The van der Waals surface area contributed by atoms with Gasteiger partial charge in [0.1, 0.15) is 4.88 Å². The molecule has 0 fully saturated rings. The summed E-state index contributed by atoms with van der Waals surface area (Å²) >= 11 is 7.64. The normalized spacial score (nSPS) is 12.8. The van der Waals surface area contributed by atoms with Crippen LogP contribution >= 0.6 is 22.9 Å². The molecule has 0 bridgehead atoms. The quantitative estimate of drug-likeness (QED) is 0.829. The lowest BCUT2D eigenvalue weighted by Crippen LogP contribution is -2.18. The van der Waals surface area contributed by atoms with E-state index in [1.165, 1.54) is 11.3 Å². The van der Waals surface area contributed by atoms with E-state index in [1.807, 2.05) is 19.2 Å². The molecule has 1 unspecified atom stereocenters. The molecule has 7 heteroatoms. The van der Waals surface area contributed by atoms with Gasteiger partial charge < -0.3 is 15.0 Å². The number of halogens is 1. The molecule has 2 aromatic rings. The zero-order valence-electron chi connectivity index (χ0n) is 10.9. The first-order chi connectivity index (χ1) is 9.13. The maximum Gasteiger partial charge on any atom is 0.269 e. The fourth-order valence-electron chi connectivity index (χ4n) is 1.48. The van der Waals surface area contributed by atoms with E-state index in [0.717, 1.165) is 16.9 Å². The Morgan fingerprint density at radius 3 is 3.00 bits per heavy atom. The minimum Gasteiger partial charge on any atom is -0.379 e. The number of aromatic nitrogens is 2. The Morgan fingerprint density at radius 1 is 1.58 bits per heavy atom. The minimum absolute atomic E-state index is 0.379. The standard InChI is InChI=1S/C12H16ClN3O2S/c1-3-4-17-5-8(14)11-15-12(18-16-11)10-9(13)7(2)6-19-10/h6,8H,3-5,14H2,1-2H3. The molecule has 2 rings (SSSR count). The SMILES string of the molecule is CCCOCC(N)c1noc(-c2scc(C)c2Cl)n1. The van der Waals surface area contributed by atoms with Gasteiger partial charge in [0.2, 0.25) is 0 Å². The number of hydrogen-bond donors (Lipinski definition) is 1. The van der Waals surface area contributed by atoms with E-state index < -0.39 is 0 Å². The van der Waals surface area contributed by atoms with E-state index in [0.29, 0.717) is 30.0 Å². The third-order valence-corrected chi connectivity index (χ3v) is 4.20. The Morgan fingerprint density at radius 2 is 2.37 bits per heavy atom. The summed E-state index contributed by atoms with van der Waals surface area (Å²) in [4.78, 5) is 5.05. The zero-order chi connectivity index (χ0) is 13.8. The lowest BCUT2D eigenvalue weighted by atomic mass is 10.3. The van der Waals surface area contributed by atoms with Gasteiger partial charge in [0.15, 0.2) is 5.82 Å². The maximum atomic E-state index is 6.16. The van der Waals surface area contributed by atoms with Gasteiger partial charge in [-0.25, -0.2) is 0 Å². The molecule has 0 saturated carbocycles. The first kappa shape index (κ1) is 14.5. The first-order valence-corrected chi connectivity index (χ1v) is 7.30. The Bertz CT molecular complexity index is 541. The molecular formula is C12H16ClN3O2S. The fourth-order valence-corrected chi connectivity index (χ4v) is 2.68. The van der Waals surface area contributed by atoms with Gasteiger partial charge in [-0.1, -0.05) is 23.7 Å². The van der Waals surface area contributed by atoms with Gasteiger partial charge in [-0.05, 0) is 24.3 Å². The van der Waals surface area contributed by atoms with Crippen molar-refractivity contribution in [3.05, 3.63) is 21.8 Å². The lowest BCUT2D eigenvalue weighted by Gasteiger charge is -2.06. The highest BCUT2D eigenvalue weighted by atomic mass is 35.5. The van der Waals surface area contributed by atoms with E-state index in [4.69, 9.17) is 26.6 Å². The summed E-state index contributed by atoms with van der Waals surface area (Å²) in [6.07, 6.45) is 0.953. The summed E-state index contributed by atoms with van der Waals surface area (Å²) in [6, 6.07) is -0.385. The number of nitrogens with two attached hydrogens (primary N) is 1. The van der Waals surface area contributed by atoms with Gasteiger partial charge in [0.25, 0.3) is 5.89 Å². The molecule has 2 aromatic heterocycles. The number of thiophene rings is 1. The molecular weight excluding hydrogens is 286 g/mol. The number of ether oxygens (including phenoxy) is 1. The van der Waals surface area contributed by atoms with Crippen molar-refractivity contribution < 1.29 is 9.26 Å². The average molecular weight is 302 g/mol. The number of rotatable bonds is 6. The van der Waals surface area contributed by atoms with Crippen LogP contribution in [-0.2, 0) is 4.74 Å². The topological polar surface area (TPSA) is 74.2 Å². The maximum absolute atomic E-state index is 6.16. The Balaban J connectivity index is 2.08. The Labute approximate surface area is 120 Å². The minimum atomic E-state index is -0.385. The lowest BCUT2D eigenvalue weighted by molar-refractivity contribution is 0.119. The molecule has 0 aliphatic carbocycles. The Hall–Kier alpha value is -0.950. The first-order valence-electron chi connectivity index (χ1n) is 6.04. The second kappa shape index (κ2) is 6.47. The van der Waals surface area contributed by atoms with Gasteiger partial charge in [-0.2, -0.15) is 4.98 Å². The molecule has 2 N–H and O–H groups in total. The summed E-state index contributed by atoms with van der Waals surface area (Å²) in [5.41, 5.74) is 6.93. The molecule has 0 amide bonds. The van der Waals surface area contributed by atoms with Crippen LogP contribution in [0.5, 0.6) is 0 Å². The predicted octanol–water partition coefficient (Wildman–Crippen LogP) is 3.19. The number of aryl methyl sites for hydroxylation is 1. The van der Waals surface area contributed by atoms with Crippen molar-refractivity contribution in [2.24, 2.45) is 5.73 Å². The summed E-state index contributed by atoms with van der Waals surface area (Å²) in [5, 5.41) is 6.48. The smallest absolute Gasteiger partial charge is 0.269 e. The zero-order valence-corrected chi connectivity index (χ0v) is 12.4. The summed E-state index contributed by atoms with van der Waals surface area (Å²) in [5.74, 6) is 0.845. The molecule has 1 atom stereocenters. The van der Waals surface area contributed by atoms with Crippen molar-refractivity contribution in [1.29, 1.82) is 0 Å². The van der Waals surface area contributed by atoms with Crippen LogP contribution in [0.4, 0.5) is 0 Å². The van der Waals surface area contributed by atoms with Gasteiger partial charge in [0.05, 0.1) is 17.7 Å². The van der Waals surface area contributed by atoms with Crippen LogP contribution in [0.3, 0.4) is 0 Å². The molecule has 0 aromatic carbocycles. The van der Waals surface area contributed by atoms with Crippen molar-refractivity contribution >= 4 is 22.9 Å². The highest BCUT2D eigenvalue weighted by Gasteiger charge is 2.19. The third kappa shape index (κ3) is 3.33. The van der Waals surface area contributed by atoms with Crippen molar-refractivity contribution in [2.45, 2.75) is 26.3 Å². The van der Waals surface area contributed by atoms with E-state index >= 15 is 0 Å². The molecule has 0 aliphatic rings. The van der Waals surface area contributed by atoms with Crippen molar-refractivity contribution in [3.8, 4) is 10.8 Å². The molecule has 0 aliphatic heterocycles. The van der Waals surface area contributed by atoms with Crippen molar-refractivity contribution in [2.75, 3.05) is 13.2 Å². The van der Waals surface area contributed by atoms with E-state index in [2.05, 4.69) is 10.1 Å². The molecule has 19 heavy (non-hydrogen) atoms. The fraction of sp³-hybridized carbons (Fsp3) is 0.500. The highest BCUT2D eigenvalue weighted by molar-refractivity contribution is 7.14. The van der Waals surface area contributed by atoms with Crippen LogP contribution in [0.1, 0.15) is 30.8 Å². The molecule has 0 radical (unpaired) electrons. The summed E-state index contributed by atoms with van der Waals surface area (Å²) in [6.45, 7) is 5.03. The monoisotopic (exact) mass is 301 g/mol. The molecule has 104 valence electrons. The second-order valence-electron chi connectivity index (χ2n) is 4.20. The molecule has 5 nitrogen and oxygen atoms in total. The molecule has 0 saturated heterocycles. The van der Waals surface area contributed by atoms with Crippen LogP contribution < -0.4 is 5.73 Å². The summed E-state index contributed by atoms with van der Waals surface area (Å²) < 4.78 is 10.6. The number of hydrogen-bond acceptors (Lipinski definition) is 6. The highest BCUT2D eigenvalue weighted by Crippen LogP contribution is 2.35. The Kier molecular flexibility index (Phi) is 4.93. The summed E-state index contributed by atoms with van der Waals surface area (Å²) in [7, 11) is 0. The van der Waals surface area contributed by atoms with Crippen LogP contribution in [0.2, 0.25) is 5.02 Å². The average Bonchev–Trinajstić information content (AvgIpc) is 2.99. The van der Waals surface area contributed by atoms with Crippen LogP contribution in [-0.4, -0.2) is 23.4 Å². The predicted molar refractivity (Wildman–Crippen MR) is 75.4 cm³/mol. The second-order valence-corrected chi connectivity index (χ2v) is 5.46. The van der Waals surface area contributed by atoms with Crippen LogP contribution in [0.15, 0.2) is 9.90 Å². The molecule has 2 heterocycles. The van der Waals surface area contributed by atoms with E-state index in [9.17, 15) is 0 Å². The van der Waals surface area contributed by atoms with Gasteiger partial charge in [-0.15, -0.1) is 11.3 Å². The third-order valence-electron chi connectivity index (χ3n) is 2.51. The van der Waals surface area contributed by atoms with Crippen molar-refractivity contribution in [1.82, 2.24) is 10.1 Å². The van der Waals surface area contributed by atoms with Gasteiger partial charge in [-0.3, -0.25) is 0 Å². The largest absolute Gasteiger partial charge is 0.379 e. The number of nitrogens with zero attached hydrogens (tertiary/aromatic N) is 2.